The first-order valence-electron chi connectivity index (χ1n) is 8.82. The lowest BCUT2D eigenvalue weighted by Gasteiger charge is -2.07. The Morgan fingerprint density at radius 3 is 2.54 bits per heavy atom. The Bertz CT molecular complexity index is 821. The van der Waals surface area contributed by atoms with Crippen LogP contribution in [0.4, 0.5) is 0 Å². The Hall–Kier alpha value is -2.54. The molecule has 136 valence electrons. The summed E-state index contributed by atoms with van der Waals surface area (Å²) in [6.45, 7) is 0.153. The van der Waals surface area contributed by atoms with Crippen LogP contribution in [0, 0.1) is 0 Å². The van der Waals surface area contributed by atoms with Gasteiger partial charge in [0.25, 0.3) is 11.8 Å². The number of carbonyl (C=O) groups is 2. The minimum absolute atomic E-state index is 0.153. The Balaban J connectivity index is 1.39. The van der Waals surface area contributed by atoms with E-state index in [9.17, 15) is 9.59 Å². The highest BCUT2D eigenvalue weighted by molar-refractivity contribution is 7.14. The molecule has 2 heterocycles. The number of carbonyl (C=O) groups excluding carboxylic acids is 2. The number of rotatable bonds is 2. The fourth-order valence-electron chi connectivity index (χ4n) is 3.24. The van der Waals surface area contributed by atoms with Gasteiger partial charge in [-0.1, -0.05) is 12.8 Å². The average molecular weight is 372 g/mol. The van der Waals surface area contributed by atoms with Crippen molar-refractivity contribution in [3.8, 4) is 11.5 Å². The molecule has 6 nitrogen and oxygen atoms in total. The molecule has 1 aromatic carbocycles. The van der Waals surface area contributed by atoms with Crippen molar-refractivity contribution in [2.24, 2.45) is 0 Å². The van der Waals surface area contributed by atoms with E-state index in [4.69, 9.17) is 9.47 Å². The average Bonchev–Trinajstić information content (AvgIpc) is 3.25. The van der Waals surface area contributed by atoms with Gasteiger partial charge in [0, 0.05) is 10.4 Å². The van der Waals surface area contributed by atoms with E-state index in [1.54, 1.807) is 18.2 Å². The van der Waals surface area contributed by atoms with E-state index in [2.05, 4.69) is 10.9 Å². The lowest BCUT2D eigenvalue weighted by Crippen LogP contribution is -2.41. The first-order valence-corrected chi connectivity index (χ1v) is 9.64. The van der Waals surface area contributed by atoms with E-state index in [0.29, 0.717) is 21.9 Å². The summed E-state index contributed by atoms with van der Waals surface area (Å²) in [6, 6.07) is 6.87. The van der Waals surface area contributed by atoms with Gasteiger partial charge < -0.3 is 9.47 Å². The minimum Gasteiger partial charge on any atom is -0.454 e. The van der Waals surface area contributed by atoms with Gasteiger partial charge in [0.05, 0.1) is 4.88 Å². The molecule has 26 heavy (non-hydrogen) atoms. The van der Waals surface area contributed by atoms with E-state index in [0.717, 1.165) is 12.8 Å². The molecule has 0 atom stereocenters. The SMILES string of the molecule is O=C(NNC(=O)c1cc2c(s1)CCCCCC2)c1ccc2c(c1)OCO2. The predicted octanol–water partition coefficient (Wildman–Crippen LogP) is 3.21. The third kappa shape index (κ3) is 3.53. The zero-order valence-electron chi connectivity index (χ0n) is 14.3. The zero-order chi connectivity index (χ0) is 17.9. The number of hydrogen-bond donors (Lipinski definition) is 2. The van der Waals surface area contributed by atoms with Crippen LogP contribution >= 0.6 is 11.3 Å². The molecule has 2 amide bonds. The maximum absolute atomic E-state index is 12.4. The molecule has 0 saturated heterocycles. The van der Waals surface area contributed by atoms with E-state index in [1.165, 1.54) is 47.5 Å². The van der Waals surface area contributed by atoms with Gasteiger partial charge in [-0.05, 0) is 55.5 Å². The second-order valence-electron chi connectivity index (χ2n) is 6.45. The quantitative estimate of drug-likeness (QED) is 0.794. The predicted molar refractivity (Wildman–Crippen MR) is 97.7 cm³/mol. The summed E-state index contributed by atoms with van der Waals surface area (Å²) in [5.74, 6) is 0.464. The van der Waals surface area contributed by atoms with Crippen molar-refractivity contribution in [2.45, 2.75) is 38.5 Å². The Morgan fingerprint density at radius 1 is 0.885 bits per heavy atom. The molecule has 7 heteroatoms. The van der Waals surface area contributed by atoms with Crippen LogP contribution in [0.25, 0.3) is 0 Å². The van der Waals surface area contributed by atoms with Crippen LogP contribution in [-0.4, -0.2) is 18.6 Å². The first-order chi connectivity index (χ1) is 12.7. The molecule has 2 N–H and O–H groups in total. The van der Waals surface area contributed by atoms with Gasteiger partial charge in [0.1, 0.15) is 0 Å². The number of amides is 2. The number of hydrogen-bond acceptors (Lipinski definition) is 5. The summed E-state index contributed by atoms with van der Waals surface area (Å²) in [5.41, 5.74) is 6.65. The Morgan fingerprint density at radius 2 is 1.65 bits per heavy atom. The van der Waals surface area contributed by atoms with Crippen molar-refractivity contribution in [1.29, 1.82) is 0 Å². The molecule has 0 radical (unpaired) electrons. The van der Waals surface area contributed by atoms with Crippen LogP contribution in [0.5, 0.6) is 11.5 Å². The molecule has 0 spiro atoms. The maximum atomic E-state index is 12.4. The highest BCUT2D eigenvalue weighted by atomic mass is 32.1. The number of fused-ring (bicyclic) bond motifs is 2. The molecule has 4 rings (SSSR count). The van der Waals surface area contributed by atoms with E-state index in [-0.39, 0.29) is 12.7 Å². The highest BCUT2D eigenvalue weighted by Gasteiger charge is 2.18. The van der Waals surface area contributed by atoms with Gasteiger partial charge in [-0.15, -0.1) is 11.3 Å². The van der Waals surface area contributed by atoms with Crippen LogP contribution in [0.3, 0.4) is 0 Å². The molecular weight excluding hydrogens is 352 g/mol. The van der Waals surface area contributed by atoms with Crippen LogP contribution < -0.4 is 20.3 Å². The molecule has 0 unspecified atom stereocenters. The fraction of sp³-hybridized carbons (Fsp3) is 0.368. The smallest absolute Gasteiger partial charge is 0.279 e. The van der Waals surface area contributed by atoms with Crippen molar-refractivity contribution < 1.29 is 19.1 Å². The van der Waals surface area contributed by atoms with Crippen LogP contribution in [0.15, 0.2) is 24.3 Å². The van der Waals surface area contributed by atoms with Gasteiger partial charge in [0.2, 0.25) is 6.79 Å². The second kappa shape index (κ2) is 7.37. The molecule has 0 bridgehead atoms. The lowest BCUT2D eigenvalue weighted by atomic mass is 10.00. The number of thiophene rings is 1. The summed E-state index contributed by atoms with van der Waals surface area (Å²) in [6.07, 6.45) is 6.92. The minimum atomic E-state index is -0.397. The molecule has 2 aliphatic rings. The number of nitrogens with one attached hydrogen (secondary N) is 2. The summed E-state index contributed by atoms with van der Waals surface area (Å²) in [4.78, 5) is 26.6. The fourth-order valence-corrected chi connectivity index (χ4v) is 4.39. The highest BCUT2D eigenvalue weighted by Crippen LogP contribution is 2.32. The monoisotopic (exact) mass is 372 g/mol. The van der Waals surface area contributed by atoms with E-state index in [1.807, 2.05) is 6.07 Å². The van der Waals surface area contributed by atoms with Gasteiger partial charge in [-0.3, -0.25) is 20.4 Å². The van der Waals surface area contributed by atoms with Crippen LogP contribution in [0.1, 0.15) is 56.2 Å². The number of benzene rings is 1. The summed E-state index contributed by atoms with van der Waals surface area (Å²) in [7, 11) is 0. The molecule has 1 aromatic heterocycles. The van der Waals surface area contributed by atoms with Crippen LogP contribution in [0.2, 0.25) is 0 Å². The Kier molecular flexibility index (Phi) is 4.79. The van der Waals surface area contributed by atoms with Gasteiger partial charge in [0.15, 0.2) is 11.5 Å². The number of ether oxygens (including phenoxy) is 2. The maximum Gasteiger partial charge on any atom is 0.279 e. The van der Waals surface area contributed by atoms with Crippen molar-refractivity contribution in [1.82, 2.24) is 10.9 Å². The number of hydrazine groups is 1. The summed E-state index contributed by atoms with van der Waals surface area (Å²) >= 11 is 1.53. The molecule has 0 fully saturated rings. The van der Waals surface area contributed by atoms with E-state index >= 15 is 0 Å². The summed E-state index contributed by atoms with van der Waals surface area (Å²) < 4.78 is 10.5. The molecule has 0 saturated carbocycles. The second-order valence-corrected chi connectivity index (χ2v) is 7.59. The van der Waals surface area contributed by atoms with Gasteiger partial charge in [-0.25, -0.2) is 0 Å². The third-order valence-electron chi connectivity index (χ3n) is 4.64. The largest absolute Gasteiger partial charge is 0.454 e. The number of aryl methyl sites for hydroxylation is 2. The van der Waals surface area contributed by atoms with Gasteiger partial charge >= 0.3 is 0 Å². The molecular formula is C19H20N2O4S. The standard InChI is InChI=1S/C19H20N2O4S/c22-18(13-7-8-14-15(9-13)25-11-24-14)20-21-19(23)17-10-12-5-3-1-2-4-6-16(12)26-17/h7-10H,1-6,11H2,(H,20,22)(H,21,23). The zero-order valence-corrected chi connectivity index (χ0v) is 15.1. The third-order valence-corrected chi connectivity index (χ3v) is 5.88. The topological polar surface area (TPSA) is 76.7 Å². The Labute approximate surface area is 155 Å². The van der Waals surface area contributed by atoms with Gasteiger partial charge in [-0.2, -0.15) is 0 Å². The summed E-state index contributed by atoms with van der Waals surface area (Å²) in [5, 5.41) is 0. The van der Waals surface area contributed by atoms with Crippen molar-refractivity contribution in [2.75, 3.05) is 6.79 Å². The van der Waals surface area contributed by atoms with Crippen molar-refractivity contribution >= 4 is 23.2 Å². The molecule has 1 aliphatic carbocycles. The first kappa shape index (κ1) is 16.9. The molecule has 2 aromatic rings. The van der Waals surface area contributed by atoms with Crippen LogP contribution in [-0.2, 0) is 12.8 Å². The lowest BCUT2D eigenvalue weighted by molar-refractivity contribution is 0.0848. The molecule has 1 aliphatic heterocycles. The normalized spacial score (nSPS) is 15.5. The van der Waals surface area contributed by atoms with Crippen molar-refractivity contribution in [3.63, 3.8) is 0 Å². The van der Waals surface area contributed by atoms with E-state index < -0.39 is 5.91 Å². The van der Waals surface area contributed by atoms with Crippen molar-refractivity contribution in [3.05, 3.63) is 45.1 Å².